The molecule has 1 amide bonds. The van der Waals surface area contributed by atoms with Gasteiger partial charge in [-0.05, 0) is 44.2 Å². The molecule has 1 unspecified atom stereocenters. The second-order valence-corrected chi connectivity index (χ2v) is 6.20. The van der Waals surface area contributed by atoms with Gasteiger partial charge in [0.05, 0.1) is 14.2 Å². The van der Waals surface area contributed by atoms with Gasteiger partial charge < -0.3 is 19.5 Å². The molecule has 0 aromatic heterocycles. The predicted molar refractivity (Wildman–Crippen MR) is 89.8 cm³/mol. The molecule has 24 heavy (non-hydrogen) atoms. The molecule has 1 aromatic rings. The molecule has 0 aliphatic carbocycles. The molecule has 2 rings (SSSR count). The number of carbonyl (C=O) groups excluding carboxylic acids is 1. The van der Waals surface area contributed by atoms with Gasteiger partial charge in [-0.2, -0.15) is 0 Å². The summed E-state index contributed by atoms with van der Waals surface area (Å²) in [5, 5.41) is 8.83. The number of ether oxygens (including phenoxy) is 2. The number of carboxylic acid groups (broad SMARTS) is 1. The molecule has 1 aromatic carbocycles. The summed E-state index contributed by atoms with van der Waals surface area (Å²) in [5.74, 6) is 0.639. The van der Waals surface area contributed by atoms with Gasteiger partial charge in [0.1, 0.15) is 11.5 Å². The third-order valence-electron chi connectivity index (χ3n) is 4.57. The van der Waals surface area contributed by atoms with Crippen molar-refractivity contribution in [3.05, 3.63) is 23.3 Å². The molecular formula is C18H25NO5. The van der Waals surface area contributed by atoms with E-state index in [2.05, 4.69) is 0 Å². The average molecular weight is 335 g/mol. The molecule has 0 bridgehead atoms. The van der Waals surface area contributed by atoms with Crippen molar-refractivity contribution in [1.82, 2.24) is 4.90 Å². The molecule has 1 atom stereocenters. The first-order valence-electron chi connectivity index (χ1n) is 8.20. The fourth-order valence-corrected chi connectivity index (χ4v) is 3.20. The van der Waals surface area contributed by atoms with Crippen LogP contribution in [0.1, 0.15) is 41.6 Å². The van der Waals surface area contributed by atoms with Crippen LogP contribution in [0, 0.1) is 12.8 Å². The Kier molecular flexibility index (Phi) is 6.06. The van der Waals surface area contributed by atoms with Gasteiger partial charge >= 0.3 is 5.97 Å². The van der Waals surface area contributed by atoms with E-state index in [1.54, 1.807) is 31.3 Å². The Balaban J connectivity index is 2.14. The minimum Gasteiger partial charge on any atom is -0.496 e. The van der Waals surface area contributed by atoms with Gasteiger partial charge in [0, 0.05) is 30.6 Å². The summed E-state index contributed by atoms with van der Waals surface area (Å²) in [6.07, 6.45) is 2.63. The number of carbonyl (C=O) groups is 2. The first-order chi connectivity index (χ1) is 11.5. The van der Waals surface area contributed by atoms with Gasteiger partial charge in [0.2, 0.25) is 0 Å². The third-order valence-corrected chi connectivity index (χ3v) is 4.57. The van der Waals surface area contributed by atoms with Crippen LogP contribution in [0.25, 0.3) is 0 Å². The molecule has 0 saturated carbocycles. The SMILES string of the molecule is COc1cc(C(=O)N2CCCC(CCC(=O)O)C2)cc(OC)c1C. The lowest BCUT2D eigenvalue weighted by atomic mass is 9.93. The highest BCUT2D eigenvalue weighted by Gasteiger charge is 2.26. The number of benzene rings is 1. The van der Waals surface area contributed by atoms with Crippen LogP contribution in [0.3, 0.4) is 0 Å². The molecule has 6 nitrogen and oxygen atoms in total. The van der Waals surface area contributed by atoms with Crippen molar-refractivity contribution in [3.8, 4) is 11.5 Å². The Morgan fingerprint density at radius 3 is 2.42 bits per heavy atom. The quantitative estimate of drug-likeness (QED) is 0.865. The molecule has 1 N–H and O–H groups in total. The average Bonchev–Trinajstić information content (AvgIpc) is 2.59. The zero-order valence-electron chi connectivity index (χ0n) is 14.5. The fourth-order valence-electron chi connectivity index (χ4n) is 3.20. The molecule has 6 heteroatoms. The van der Waals surface area contributed by atoms with Crippen LogP contribution in [0.5, 0.6) is 11.5 Å². The molecule has 1 aliphatic rings. The zero-order valence-corrected chi connectivity index (χ0v) is 14.5. The van der Waals surface area contributed by atoms with E-state index >= 15 is 0 Å². The first-order valence-corrected chi connectivity index (χ1v) is 8.20. The predicted octanol–water partition coefficient (Wildman–Crippen LogP) is 2.73. The van der Waals surface area contributed by atoms with Crippen molar-refractivity contribution in [2.75, 3.05) is 27.3 Å². The van der Waals surface area contributed by atoms with Gasteiger partial charge in [-0.25, -0.2) is 0 Å². The third kappa shape index (κ3) is 4.19. The number of methoxy groups -OCH3 is 2. The van der Waals surface area contributed by atoms with E-state index in [0.717, 1.165) is 18.4 Å². The Morgan fingerprint density at radius 1 is 1.25 bits per heavy atom. The molecule has 1 heterocycles. The summed E-state index contributed by atoms with van der Waals surface area (Å²) in [6.45, 7) is 3.18. The molecule has 0 spiro atoms. The van der Waals surface area contributed by atoms with Crippen molar-refractivity contribution >= 4 is 11.9 Å². The van der Waals surface area contributed by atoms with E-state index in [0.29, 0.717) is 36.6 Å². The maximum absolute atomic E-state index is 12.8. The summed E-state index contributed by atoms with van der Waals surface area (Å²) < 4.78 is 10.7. The Hall–Kier alpha value is -2.24. The van der Waals surface area contributed by atoms with Crippen LogP contribution in [-0.2, 0) is 4.79 Å². The van der Waals surface area contributed by atoms with Gasteiger partial charge in [0.15, 0.2) is 0 Å². The van der Waals surface area contributed by atoms with Crippen LogP contribution >= 0.6 is 0 Å². The Morgan fingerprint density at radius 2 is 1.88 bits per heavy atom. The summed E-state index contributed by atoms with van der Waals surface area (Å²) >= 11 is 0. The van der Waals surface area contributed by atoms with Gasteiger partial charge in [-0.3, -0.25) is 9.59 Å². The molecular weight excluding hydrogens is 310 g/mol. The Bertz CT molecular complexity index is 588. The number of carboxylic acids is 1. The summed E-state index contributed by atoms with van der Waals surface area (Å²) in [6, 6.07) is 3.47. The van der Waals surface area contributed by atoms with E-state index in [9.17, 15) is 9.59 Å². The van der Waals surface area contributed by atoms with Crippen molar-refractivity contribution in [2.45, 2.75) is 32.6 Å². The minimum absolute atomic E-state index is 0.0633. The van der Waals surface area contributed by atoms with Crippen LogP contribution in [0.2, 0.25) is 0 Å². The van der Waals surface area contributed by atoms with Gasteiger partial charge in [-0.1, -0.05) is 0 Å². The first kappa shape index (κ1) is 18.1. The van der Waals surface area contributed by atoms with Gasteiger partial charge in [-0.15, -0.1) is 0 Å². The number of aliphatic carboxylic acids is 1. The van der Waals surface area contributed by atoms with E-state index in [1.165, 1.54) is 0 Å². The maximum atomic E-state index is 12.8. The number of piperidine rings is 1. The van der Waals surface area contributed by atoms with Crippen LogP contribution in [0.15, 0.2) is 12.1 Å². The van der Waals surface area contributed by atoms with Crippen LogP contribution in [-0.4, -0.2) is 49.2 Å². The summed E-state index contributed by atoms with van der Waals surface area (Å²) in [7, 11) is 3.14. The second-order valence-electron chi connectivity index (χ2n) is 6.20. The number of amides is 1. The minimum atomic E-state index is -0.786. The Labute approximate surface area is 142 Å². The number of nitrogens with zero attached hydrogens (tertiary/aromatic N) is 1. The zero-order chi connectivity index (χ0) is 17.7. The topological polar surface area (TPSA) is 76.1 Å². The molecule has 1 saturated heterocycles. The lowest BCUT2D eigenvalue weighted by Crippen LogP contribution is -2.40. The molecule has 1 fully saturated rings. The summed E-state index contributed by atoms with van der Waals surface area (Å²) in [5.41, 5.74) is 1.39. The molecule has 1 aliphatic heterocycles. The highest BCUT2D eigenvalue weighted by Crippen LogP contribution is 2.31. The normalized spacial score (nSPS) is 17.5. The largest absolute Gasteiger partial charge is 0.496 e. The monoisotopic (exact) mass is 335 g/mol. The highest BCUT2D eigenvalue weighted by atomic mass is 16.5. The standard InChI is InChI=1S/C18H25NO5/c1-12-15(23-2)9-14(10-16(12)24-3)18(22)19-8-4-5-13(11-19)6-7-17(20)21/h9-10,13H,4-8,11H2,1-3H3,(H,20,21). The van der Waals surface area contributed by atoms with E-state index in [-0.39, 0.29) is 18.2 Å². The van der Waals surface area contributed by atoms with E-state index in [1.807, 2.05) is 6.92 Å². The van der Waals surface area contributed by atoms with Crippen molar-refractivity contribution in [1.29, 1.82) is 0 Å². The molecule has 132 valence electrons. The molecule has 0 radical (unpaired) electrons. The fraction of sp³-hybridized carbons (Fsp3) is 0.556. The van der Waals surface area contributed by atoms with E-state index < -0.39 is 5.97 Å². The van der Waals surface area contributed by atoms with Crippen molar-refractivity contribution in [3.63, 3.8) is 0 Å². The van der Waals surface area contributed by atoms with Gasteiger partial charge in [0.25, 0.3) is 5.91 Å². The van der Waals surface area contributed by atoms with E-state index in [4.69, 9.17) is 14.6 Å². The van der Waals surface area contributed by atoms with Crippen LogP contribution < -0.4 is 9.47 Å². The van der Waals surface area contributed by atoms with Crippen molar-refractivity contribution < 1.29 is 24.2 Å². The lowest BCUT2D eigenvalue weighted by molar-refractivity contribution is -0.137. The number of hydrogen-bond acceptors (Lipinski definition) is 4. The smallest absolute Gasteiger partial charge is 0.303 e. The maximum Gasteiger partial charge on any atom is 0.303 e. The number of rotatable bonds is 6. The number of hydrogen-bond donors (Lipinski definition) is 1. The highest BCUT2D eigenvalue weighted by molar-refractivity contribution is 5.95. The second kappa shape index (κ2) is 8.04. The van der Waals surface area contributed by atoms with Crippen LogP contribution in [0.4, 0.5) is 0 Å². The summed E-state index contributed by atoms with van der Waals surface area (Å²) in [4.78, 5) is 25.4. The lowest BCUT2D eigenvalue weighted by Gasteiger charge is -2.33. The number of likely N-dealkylation sites (tertiary alicyclic amines) is 1. The van der Waals surface area contributed by atoms with Crippen molar-refractivity contribution in [2.24, 2.45) is 5.92 Å².